The first-order valence-electron chi connectivity index (χ1n) is 7.49. The van der Waals surface area contributed by atoms with Crippen molar-refractivity contribution in [2.75, 3.05) is 14.1 Å². The quantitative estimate of drug-likeness (QED) is 0.652. The normalized spacial score (nSPS) is 12.3. The minimum atomic E-state index is -3.54. The second kappa shape index (κ2) is 6.92. The number of aromatic nitrogens is 1. The van der Waals surface area contributed by atoms with Crippen LogP contribution >= 0.6 is 11.6 Å². The Morgan fingerprint density at radius 2 is 1.92 bits per heavy atom. The van der Waals surface area contributed by atoms with Crippen molar-refractivity contribution in [1.82, 2.24) is 9.29 Å². The summed E-state index contributed by atoms with van der Waals surface area (Å²) in [4.78, 5) is 8.78. The van der Waals surface area contributed by atoms with Gasteiger partial charge in [-0.05, 0) is 42.0 Å². The van der Waals surface area contributed by atoms with Gasteiger partial charge in [-0.3, -0.25) is 9.98 Å². The number of hydrogen-bond donors (Lipinski definition) is 0. The zero-order valence-electron chi connectivity index (χ0n) is 13.7. The van der Waals surface area contributed by atoms with Crippen molar-refractivity contribution in [3.05, 3.63) is 65.3 Å². The summed E-state index contributed by atoms with van der Waals surface area (Å²) in [5.41, 5.74) is 2.17. The Labute approximate surface area is 151 Å². The van der Waals surface area contributed by atoms with Crippen LogP contribution < -0.4 is 0 Å². The first kappa shape index (κ1) is 17.5. The maximum absolute atomic E-state index is 12.2. The highest BCUT2D eigenvalue weighted by Gasteiger charge is 2.18. The van der Waals surface area contributed by atoms with Crippen molar-refractivity contribution in [2.45, 2.75) is 4.90 Å². The molecule has 0 aliphatic rings. The van der Waals surface area contributed by atoms with E-state index in [1.807, 2.05) is 30.3 Å². The maximum Gasteiger partial charge on any atom is 0.242 e. The number of hydrogen-bond acceptors (Lipinski definition) is 4. The lowest BCUT2D eigenvalue weighted by Gasteiger charge is -2.12. The van der Waals surface area contributed by atoms with Crippen molar-refractivity contribution < 1.29 is 8.42 Å². The van der Waals surface area contributed by atoms with Crippen molar-refractivity contribution in [2.24, 2.45) is 4.99 Å². The molecule has 0 amide bonds. The number of nitrogens with zero attached hydrogens (tertiary/aromatic N) is 3. The third-order valence-electron chi connectivity index (χ3n) is 3.68. The molecule has 0 atom stereocenters. The summed E-state index contributed by atoms with van der Waals surface area (Å²) in [6, 6.07) is 14.1. The van der Waals surface area contributed by atoms with E-state index in [1.165, 1.54) is 32.3 Å². The Kier molecular flexibility index (Phi) is 4.85. The Hall–Kier alpha value is -2.28. The highest BCUT2D eigenvalue weighted by atomic mass is 35.5. The number of halogens is 1. The molecule has 0 unspecified atom stereocenters. The number of sulfonamides is 1. The van der Waals surface area contributed by atoms with E-state index in [2.05, 4.69) is 9.98 Å². The predicted octanol–water partition coefficient (Wildman–Crippen LogP) is 3.89. The van der Waals surface area contributed by atoms with Crippen LogP contribution in [0.2, 0.25) is 5.02 Å². The highest BCUT2D eigenvalue weighted by Crippen LogP contribution is 2.28. The topological polar surface area (TPSA) is 62.6 Å². The molecule has 0 aliphatic carbocycles. The van der Waals surface area contributed by atoms with E-state index in [-0.39, 0.29) is 4.90 Å². The number of pyridine rings is 1. The zero-order chi connectivity index (χ0) is 18.0. The molecule has 0 fully saturated rings. The molecule has 0 bridgehead atoms. The molecule has 25 heavy (non-hydrogen) atoms. The molecule has 1 heterocycles. The van der Waals surface area contributed by atoms with Gasteiger partial charge in [-0.1, -0.05) is 23.7 Å². The average molecular weight is 374 g/mol. The molecular formula is C18H16ClN3O2S. The summed E-state index contributed by atoms with van der Waals surface area (Å²) in [6.45, 7) is 0. The van der Waals surface area contributed by atoms with Crippen LogP contribution in [0.5, 0.6) is 0 Å². The fourth-order valence-electron chi connectivity index (χ4n) is 2.28. The molecular weight excluding hydrogens is 358 g/mol. The Morgan fingerprint density at radius 1 is 1.12 bits per heavy atom. The van der Waals surface area contributed by atoms with Gasteiger partial charge < -0.3 is 0 Å². The fourth-order valence-corrected chi connectivity index (χ4v) is 3.37. The minimum absolute atomic E-state index is 0.150. The molecule has 5 nitrogen and oxygen atoms in total. The number of benzene rings is 2. The largest absolute Gasteiger partial charge is 0.256 e. The Balaban J connectivity index is 1.97. The van der Waals surface area contributed by atoms with E-state index in [1.54, 1.807) is 12.4 Å². The lowest BCUT2D eigenvalue weighted by Crippen LogP contribution is -2.22. The molecule has 2 aromatic carbocycles. The minimum Gasteiger partial charge on any atom is -0.256 e. The average Bonchev–Trinajstić information content (AvgIpc) is 2.60. The molecule has 1 aromatic heterocycles. The molecule has 0 spiro atoms. The molecule has 0 saturated carbocycles. The van der Waals surface area contributed by atoms with Gasteiger partial charge in [-0.15, -0.1) is 0 Å². The summed E-state index contributed by atoms with van der Waals surface area (Å²) in [6.07, 6.45) is 3.40. The Morgan fingerprint density at radius 3 is 2.68 bits per heavy atom. The van der Waals surface area contributed by atoms with Gasteiger partial charge in [0.25, 0.3) is 0 Å². The lowest BCUT2D eigenvalue weighted by molar-refractivity contribution is 0.521. The van der Waals surface area contributed by atoms with E-state index in [0.29, 0.717) is 10.7 Å². The molecule has 7 heteroatoms. The third-order valence-corrected chi connectivity index (χ3v) is 5.81. The summed E-state index contributed by atoms with van der Waals surface area (Å²) >= 11 is 6.15. The van der Waals surface area contributed by atoms with Gasteiger partial charge in [-0.25, -0.2) is 12.7 Å². The standard InChI is InChI=1S/C18H16ClN3O2S/c1-22(2)25(23,24)15-6-7-16(19)18(11-15)21-12-13-5-8-17-14(10-13)4-3-9-20-17/h3-12H,1-2H3. The van der Waals surface area contributed by atoms with Crippen molar-refractivity contribution >= 4 is 44.4 Å². The van der Waals surface area contributed by atoms with E-state index in [4.69, 9.17) is 11.6 Å². The van der Waals surface area contributed by atoms with E-state index >= 15 is 0 Å². The summed E-state index contributed by atoms with van der Waals surface area (Å²) in [7, 11) is -0.571. The highest BCUT2D eigenvalue weighted by molar-refractivity contribution is 7.89. The van der Waals surface area contributed by atoms with Crippen LogP contribution in [0, 0.1) is 0 Å². The second-order valence-electron chi connectivity index (χ2n) is 5.61. The fraction of sp³-hybridized carbons (Fsp3) is 0.111. The van der Waals surface area contributed by atoms with Crippen molar-refractivity contribution in [3.63, 3.8) is 0 Å². The van der Waals surface area contributed by atoms with Gasteiger partial charge in [0, 0.05) is 31.9 Å². The Bertz CT molecular complexity index is 1060. The number of aliphatic imine (C=N–C) groups is 1. The van der Waals surface area contributed by atoms with Crippen LogP contribution in [0.4, 0.5) is 5.69 Å². The van der Waals surface area contributed by atoms with Crippen LogP contribution in [0.15, 0.2) is 64.6 Å². The molecule has 3 aromatic rings. The maximum atomic E-state index is 12.2. The lowest BCUT2D eigenvalue weighted by atomic mass is 10.1. The van der Waals surface area contributed by atoms with Crippen LogP contribution in [-0.4, -0.2) is 38.0 Å². The number of fused-ring (bicyclic) bond motifs is 1. The first-order chi connectivity index (χ1) is 11.9. The van der Waals surface area contributed by atoms with Crippen LogP contribution in [0.3, 0.4) is 0 Å². The van der Waals surface area contributed by atoms with Gasteiger partial charge in [0.2, 0.25) is 10.0 Å². The van der Waals surface area contributed by atoms with E-state index < -0.39 is 10.0 Å². The molecule has 0 radical (unpaired) electrons. The summed E-state index contributed by atoms with van der Waals surface area (Å²) in [5.74, 6) is 0. The SMILES string of the molecule is CN(C)S(=O)(=O)c1ccc(Cl)c(N=Cc2ccc3ncccc3c2)c1. The van der Waals surface area contributed by atoms with Crippen LogP contribution in [0.25, 0.3) is 10.9 Å². The van der Waals surface area contributed by atoms with Crippen LogP contribution in [0.1, 0.15) is 5.56 Å². The van der Waals surface area contributed by atoms with E-state index in [9.17, 15) is 8.42 Å². The van der Waals surface area contributed by atoms with Gasteiger partial charge >= 0.3 is 0 Å². The molecule has 0 N–H and O–H groups in total. The van der Waals surface area contributed by atoms with Crippen molar-refractivity contribution in [1.29, 1.82) is 0 Å². The van der Waals surface area contributed by atoms with E-state index in [0.717, 1.165) is 20.8 Å². The number of rotatable bonds is 4. The van der Waals surface area contributed by atoms with Gasteiger partial charge in [0.1, 0.15) is 0 Å². The first-order valence-corrected chi connectivity index (χ1v) is 9.31. The summed E-state index contributed by atoms with van der Waals surface area (Å²) < 4.78 is 25.6. The molecule has 0 aliphatic heterocycles. The molecule has 3 rings (SSSR count). The van der Waals surface area contributed by atoms with Crippen LogP contribution in [-0.2, 0) is 10.0 Å². The predicted molar refractivity (Wildman–Crippen MR) is 101 cm³/mol. The smallest absolute Gasteiger partial charge is 0.242 e. The third kappa shape index (κ3) is 3.71. The van der Waals surface area contributed by atoms with Crippen molar-refractivity contribution in [3.8, 4) is 0 Å². The van der Waals surface area contributed by atoms with Gasteiger partial charge in [0.15, 0.2) is 0 Å². The summed E-state index contributed by atoms with van der Waals surface area (Å²) in [5, 5.41) is 1.39. The monoisotopic (exact) mass is 373 g/mol. The second-order valence-corrected chi connectivity index (χ2v) is 8.17. The van der Waals surface area contributed by atoms with Gasteiger partial charge in [0.05, 0.1) is 21.1 Å². The zero-order valence-corrected chi connectivity index (χ0v) is 15.3. The molecule has 128 valence electrons. The van der Waals surface area contributed by atoms with Gasteiger partial charge in [-0.2, -0.15) is 0 Å². The molecule has 0 saturated heterocycles.